The summed E-state index contributed by atoms with van der Waals surface area (Å²) in [7, 11) is 0. The fourth-order valence-electron chi connectivity index (χ4n) is 1.25. The molecular formula is C12H23O6. The molecule has 0 spiro atoms. The zero-order valence-electron chi connectivity index (χ0n) is 10.8. The van der Waals surface area contributed by atoms with Crippen LogP contribution in [0.5, 0.6) is 0 Å². The second-order valence-electron chi connectivity index (χ2n) is 3.56. The molecule has 0 aromatic carbocycles. The van der Waals surface area contributed by atoms with Crippen LogP contribution in [-0.4, -0.2) is 72.7 Å². The van der Waals surface area contributed by atoms with Crippen molar-refractivity contribution in [3.63, 3.8) is 0 Å². The van der Waals surface area contributed by atoms with Crippen molar-refractivity contribution in [1.82, 2.24) is 0 Å². The van der Waals surface area contributed by atoms with Crippen molar-refractivity contribution in [3.05, 3.63) is 6.61 Å². The zero-order valence-corrected chi connectivity index (χ0v) is 10.8. The van der Waals surface area contributed by atoms with Gasteiger partial charge in [0.25, 0.3) is 0 Å². The average Bonchev–Trinajstić information content (AvgIpc) is 2.39. The molecule has 0 unspecified atom stereocenters. The molecule has 1 radical (unpaired) electrons. The van der Waals surface area contributed by atoms with E-state index in [-0.39, 0.29) is 0 Å². The zero-order chi connectivity index (χ0) is 12.7. The van der Waals surface area contributed by atoms with Gasteiger partial charge in [0.1, 0.15) is 6.61 Å². The molecule has 1 heterocycles. The molecule has 6 heteroatoms. The summed E-state index contributed by atoms with van der Waals surface area (Å²) in [6.45, 7) is 7.76. The fourth-order valence-corrected chi connectivity index (χ4v) is 1.25. The summed E-state index contributed by atoms with van der Waals surface area (Å²) in [6, 6.07) is 0. The number of rotatable bonds is 0. The summed E-state index contributed by atoms with van der Waals surface area (Å²) < 4.78 is 31.7. The smallest absolute Gasteiger partial charge is 0.109 e. The van der Waals surface area contributed by atoms with Gasteiger partial charge in [-0.15, -0.1) is 0 Å². The van der Waals surface area contributed by atoms with Gasteiger partial charge in [0, 0.05) is 0 Å². The fraction of sp³-hybridized carbons (Fsp3) is 0.917. The lowest BCUT2D eigenvalue weighted by Gasteiger charge is -2.09. The van der Waals surface area contributed by atoms with Crippen LogP contribution in [0.1, 0.15) is 0 Å². The van der Waals surface area contributed by atoms with E-state index in [2.05, 4.69) is 0 Å². The minimum absolute atomic E-state index is 0.461. The average molecular weight is 263 g/mol. The van der Waals surface area contributed by atoms with E-state index in [1.54, 1.807) is 6.61 Å². The lowest BCUT2D eigenvalue weighted by atomic mass is 10.6. The molecule has 6 nitrogen and oxygen atoms in total. The Morgan fingerprint density at radius 2 is 0.833 bits per heavy atom. The lowest BCUT2D eigenvalue weighted by molar-refractivity contribution is -0.0233. The minimum Gasteiger partial charge on any atom is -0.377 e. The van der Waals surface area contributed by atoms with Crippen molar-refractivity contribution in [2.45, 2.75) is 0 Å². The van der Waals surface area contributed by atoms with Crippen molar-refractivity contribution >= 4 is 0 Å². The van der Waals surface area contributed by atoms with Gasteiger partial charge in [-0.3, -0.25) is 0 Å². The first-order chi connectivity index (χ1) is 9.00. The summed E-state index contributed by atoms with van der Waals surface area (Å²) in [4.78, 5) is 0. The molecule has 0 aliphatic carbocycles. The molecule has 0 aromatic heterocycles. The molecule has 0 N–H and O–H groups in total. The quantitative estimate of drug-likeness (QED) is 0.625. The predicted molar refractivity (Wildman–Crippen MR) is 64.3 cm³/mol. The van der Waals surface area contributed by atoms with Crippen LogP contribution in [0.4, 0.5) is 0 Å². The van der Waals surface area contributed by atoms with E-state index in [9.17, 15) is 0 Å². The van der Waals surface area contributed by atoms with Crippen LogP contribution < -0.4 is 0 Å². The van der Waals surface area contributed by atoms with Gasteiger partial charge >= 0.3 is 0 Å². The monoisotopic (exact) mass is 263 g/mol. The topological polar surface area (TPSA) is 55.4 Å². The van der Waals surface area contributed by atoms with E-state index in [4.69, 9.17) is 28.4 Å². The van der Waals surface area contributed by atoms with Gasteiger partial charge < -0.3 is 28.4 Å². The van der Waals surface area contributed by atoms with Gasteiger partial charge in [-0.1, -0.05) is 0 Å². The molecule has 1 rings (SSSR count). The third kappa shape index (κ3) is 10.9. The molecule has 1 aliphatic heterocycles. The highest BCUT2D eigenvalue weighted by molar-refractivity contribution is 4.47. The van der Waals surface area contributed by atoms with Crippen molar-refractivity contribution in [2.24, 2.45) is 0 Å². The van der Waals surface area contributed by atoms with E-state index < -0.39 is 0 Å². The summed E-state index contributed by atoms with van der Waals surface area (Å²) in [5.74, 6) is 0. The highest BCUT2D eigenvalue weighted by Crippen LogP contribution is 1.88. The van der Waals surface area contributed by atoms with Crippen LogP contribution in [0.25, 0.3) is 0 Å². The molecular weight excluding hydrogens is 240 g/mol. The van der Waals surface area contributed by atoms with Crippen molar-refractivity contribution in [3.8, 4) is 0 Å². The molecule has 0 bridgehead atoms. The maximum Gasteiger partial charge on any atom is 0.109 e. The molecule has 0 amide bonds. The summed E-state index contributed by atoms with van der Waals surface area (Å²) >= 11 is 0. The van der Waals surface area contributed by atoms with Crippen molar-refractivity contribution < 1.29 is 28.4 Å². The van der Waals surface area contributed by atoms with Gasteiger partial charge in [-0.05, 0) is 0 Å². The first-order valence-electron chi connectivity index (χ1n) is 6.32. The van der Waals surface area contributed by atoms with Gasteiger partial charge in [0.2, 0.25) is 0 Å². The molecule has 107 valence electrons. The molecule has 1 aliphatic rings. The molecule has 18 heavy (non-hydrogen) atoms. The van der Waals surface area contributed by atoms with Gasteiger partial charge in [-0.2, -0.15) is 0 Å². The molecule has 0 aromatic rings. The maximum atomic E-state index is 5.32. The summed E-state index contributed by atoms with van der Waals surface area (Å²) in [5, 5.41) is 0. The van der Waals surface area contributed by atoms with E-state index in [0.717, 1.165) is 0 Å². The van der Waals surface area contributed by atoms with Gasteiger partial charge in [-0.25, -0.2) is 0 Å². The Bertz CT molecular complexity index is 91.6. The van der Waals surface area contributed by atoms with E-state index in [0.29, 0.717) is 72.7 Å². The maximum absolute atomic E-state index is 5.32. The molecule has 0 atom stereocenters. The Hall–Kier alpha value is -0.240. The first kappa shape index (κ1) is 15.8. The molecule has 1 fully saturated rings. The second kappa shape index (κ2) is 13.2. The van der Waals surface area contributed by atoms with Crippen LogP contribution in [0.15, 0.2) is 0 Å². The number of hydrogen-bond donors (Lipinski definition) is 0. The molecule has 0 saturated carbocycles. The predicted octanol–water partition coefficient (Wildman–Crippen LogP) is 0.261. The minimum atomic E-state index is 0.461. The largest absolute Gasteiger partial charge is 0.377 e. The van der Waals surface area contributed by atoms with Crippen LogP contribution in [0, 0.1) is 6.61 Å². The second-order valence-corrected chi connectivity index (χ2v) is 3.56. The van der Waals surface area contributed by atoms with Crippen LogP contribution in [-0.2, 0) is 28.4 Å². The summed E-state index contributed by atoms with van der Waals surface area (Å²) in [6.07, 6.45) is 0. The van der Waals surface area contributed by atoms with Crippen LogP contribution in [0.3, 0.4) is 0 Å². The highest BCUT2D eigenvalue weighted by Gasteiger charge is 1.95. The number of ether oxygens (including phenoxy) is 6. The van der Waals surface area contributed by atoms with Crippen LogP contribution >= 0.6 is 0 Å². The molecule has 1 saturated heterocycles. The normalized spacial score (nSPS) is 24.0. The lowest BCUT2D eigenvalue weighted by Crippen LogP contribution is -2.15. The van der Waals surface area contributed by atoms with Gasteiger partial charge in [0.05, 0.1) is 72.7 Å². The summed E-state index contributed by atoms with van der Waals surface area (Å²) in [5.41, 5.74) is 0. The Kier molecular flexibility index (Phi) is 11.6. The van der Waals surface area contributed by atoms with E-state index >= 15 is 0 Å². The Morgan fingerprint density at radius 3 is 1.33 bits per heavy atom. The standard InChI is InChI=1S/C12H23O6/c1-2-14-5-6-16-9-10-18-12-11-17-8-7-15-4-3-13-1/h1H,2-12H2. The van der Waals surface area contributed by atoms with E-state index in [1.165, 1.54) is 0 Å². The van der Waals surface area contributed by atoms with Crippen molar-refractivity contribution in [1.29, 1.82) is 0 Å². The third-order valence-corrected chi connectivity index (χ3v) is 2.14. The highest BCUT2D eigenvalue weighted by atomic mass is 16.6. The Labute approximate surface area is 108 Å². The van der Waals surface area contributed by atoms with Crippen molar-refractivity contribution in [2.75, 3.05) is 72.7 Å². The Morgan fingerprint density at radius 1 is 0.444 bits per heavy atom. The van der Waals surface area contributed by atoms with Crippen LogP contribution in [0.2, 0.25) is 0 Å². The Balaban J connectivity index is 2.00. The van der Waals surface area contributed by atoms with Gasteiger partial charge in [0.15, 0.2) is 0 Å². The number of hydrogen-bond acceptors (Lipinski definition) is 6. The third-order valence-electron chi connectivity index (χ3n) is 2.14. The SMILES string of the molecule is [CH]1COCCOCCOCCOCCOCCO1. The first-order valence-corrected chi connectivity index (χ1v) is 6.32. The van der Waals surface area contributed by atoms with E-state index in [1.807, 2.05) is 0 Å².